The van der Waals surface area contributed by atoms with Gasteiger partial charge in [-0.3, -0.25) is 0 Å². The third kappa shape index (κ3) is 2.34. The normalized spacial score (nSPS) is 11.4. The van der Waals surface area contributed by atoms with Crippen LogP contribution in [-0.2, 0) is 0 Å². The van der Waals surface area contributed by atoms with Crippen molar-refractivity contribution in [3.63, 3.8) is 0 Å². The molecule has 0 aliphatic carbocycles. The summed E-state index contributed by atoms with van der Waals surface area (Å²) in [6, 6.07) is 22.8. The second-order valence-electron chi connectivity index (χ2n) is 5.44. The Morgan fingerprint density at radius 2 is 1.48 bits per heavy atom. The first-order chi connectivity index (χ1) is 11.2. The smallest absolute Gasteiger partial charge is 0.246 e. The summed E-state index contributed by atoms with van der Waals surface area (Å²) in [5.41, 5.74) is 2.14. The first-order valence-corrected chi connectivity index (χ1v) is 7.40. The van der Waals surface area contributed by atoms with E-state index in [1.165, 1.54) is 6.07 Å². The van der Waals surface area contributed by atoms with Gasteiger partial charge in [0.2, 0.25) is 0 Å². The standard InChI is InChI=1S/C20H13F2N/c21-20(22)18-12-17(13-6-2-1-3-7-13)16-11-10-14-8-4-5-9-15(14)19(16)23-18/h1-12,20H. The molecule has 1 heterocycles. The monoisotopic (exact) mass is 305 g/mol. The fraction of sp³-hybridized carbons (Fsp3) is 0.0500. The van der Waals surface area contributed by atoms with E-state index in [-0.39, 0.29) is 5.69 Å². The average molecular weight is 305 g/mol. The van der Waals surface area contributed by atoms with E-state index in [0.29, 0.717) is 5.52 Å². The molecule has 112 valence electrons. The Balaban J connectivity index is 2.15. The van der Waals surface area contributed by atoms with E-state index in [2.05, 4.69) is 4.98 Å². The van der Waals surface area contributed by atoms with E-state index < -0.39 is 6.43 Å². The van der Waals surface area contributed by atoms with Crippen LogP contribution in [0.3, 0.4) is 0 Å². The van der Waals surface area contributed by atoms with Gasteiger partial charge in [0.25, 0.3) is 6.43 Å². The molecule has 23 heavy (non-hydrogen) atoms. The summed E-state index contributed by atoms with van der Waals surface area (Å²) < 4.78 is 26.7. The number of fused-ring (bicyclic) bond motifs is 3. The minimum Gasteiger partial charge on any atom is -0.246 e. The zero-order valence-corrected chi connectivity index (χ0v) is 12.2. The second kappa shape index (κ2) is 5.43. The fourth-order valence-electron chi connectivity index (χ4n) is 2.95. The van der Waals surface area contributed by atoms with Crippen LogP contribution >= 0.6 is 0 Å². The molecule has 0 bridgehead atoms. The predicted molar refractivity (Wildman–Crippen MR) is 89.6 cm³/mol. The van der Waals surface area contributed by atoms with E-state index in [1.54, 1.807) is 0 Å². The molecule has 0 saturated heterocycles. The number of aromatic nitrogens is 1. The van der Waals surface area contributed by atoms with Crippen molar-refractivity contribution in [1.82, 2.24) is 4.98 Å². The van der Waals surface area contributed by atoms with Gasteiger partial charge in [-0.1, -0.05) is 66.7 Å². The first kappa shape index (κ1) is 13.8. The molecule has 1 aromatic heterocycles. The number of hydrogen-bond donors (Lipinski definition) is 0. The number of rotatable bonds is 2. The highest BCUT2D eigenvalue weighted by molar-refractivity contribution is 6.10. The number of hydrogen-bond acceptors (Lipinski definition) is 1. The third-order valence-corrected chi connectivity index (χ3v) is 4.03. The van der Waals surface area contributed by atoms with E-state index in [9.17, 15) is 8.78 Å². The minimum atomic E-state index is -2.60. The lowest BCUT2D eigenvalue weighted by molar-refractivity contribution is 0.146. The van der Waals surface area contributed by atoms with Crippen molar-refractivity contribution < 1.29 is 8.78 Å². The Hall–Kier alpha value is -2.81. The second-order valence-corrected chi connectivity index (χ2v) is 5.44. The number of alkyl halides is 2. The van der Waals surface area contributed by atoms with Gasteiger partial charge in [0.05, 0.1) is 5.52 Å². The van der Waals surface area contributed by atoms with E-state index in [1.807, 2.05) is 66.7 Å². The van der Waals surface area contributed by atoms with Gasteiger partial charge in [0.1, 0.15) is 5.69 Å². The topological polar surface area (TPSA) is 12.9 Å². The van der Waals surface area contributed by atoms with E-state index >= 15 is 0 Å². The minimum absolute atomic E-state index is 0.187. The molecule has 0 N–H and O–H groups in total. The molecular weight excluding hydrogens is 292 g/mol. The average Bonchev–Trinajstić information content (AvgIpc) is 2.61. The van der Waals surface area contributed by atoms with Crippen molar-refractivity contribution in [2.45, 2.75) is 6.43 Å². The van der Waals surface area contributed by atoms with Crippen molar-refractivity contribution >= 4 is 21.7 Å². The highest BCUT2D eigenvalue weighted by atomic mass is 19.3. The molecule has 1 nitrogen and oxygen atoms in total. The van der Waals surface area contributed by atoms with Crippen LogP contribution in [0.15, 0.2) is 72.8 Å². The van der Waals surface area contributed by atoms with Crippen LogP contribution in [0.2, 0.25) is 0 Å². The molecule has 0 radical (unpaired) electrons. The molecule has 0 spiro atoms. The maximum Gasteiger partial charge on any atom is 0.280 e. The molecule has 0 saturated carbocycles. The molecule has 0 aliphatic heterocycles. The summed E-state index contributed by atoms with van der Waals surface area (Å²) in [5.74, 6) is 0. The lowest BCUT2D eigenvalue weighted by atomic mass is 9.97. The summed E-state index contributed by atoms with van der Waals surface area (Å²) in [6.45, 7) is 0. The van der Waals surface area contributed by atoms with Gasteiger partial charge in [-0.05, 0) is 22.6 Å². The molecule has 0 unspecified atom stereocenters. The Bertz CT molecular complexity index is 994. The molecule has 0 amide bonds. The van der Waals surface area contributed by atoms with Crippen LogP contribution in [0.4, 0.5) is 8.78 Å². The summed E-state index contributed by atoms with van der Waals surface area (Å²) in [6.07, 6.45) is -2.60. The van der Waals surface area contributed by atoms with E-state index in [0.717, 1.165) is 27.3 Å². The fourth-order valence-corrected chi connectivity index (χ4v) is 2.95. The Kier molecular flexibility index (Phi) is 3.27. The van der Waals surface area contributed by atoms with Gasteiger partial charge in [-0.15, -0.1) is 0 Å². The third-order valence-electron chi connectivity index (χ3n) is 4.03. The van der Waals surface area contributed by atoms with Crippen molar-refractivity contribution in [3.05, 3.63) is 78.5 Å². The number of benzene rings is 3. The van der Waals surface area contributed by atoms with Gasteiger partial charge in [0, 0.05) is 10.8 Å². The van der Waals surface area contributed by atoms with Gasteiger partial charge in [-0.2, -0.15) is 0 Å². The first-order valence-electron chi connectivity index (χ1n) is 7.40. The van der Waals surface area contributed by atoms with Crippen molar-refractivity contribution in [2.24, 2.45) is 0 Å². The van der Waals surface area contributed by atoms with Gasteiger partial charge >= 0.3 is 0 Å². The van der Waals surface area contributed by atoms with Crippen LogP contribution in [0.25, 0.3) is 32.8 Å². The number of nitrogens with zero attached hydrogens (tertiary/aromatic N) is 1. The molecule has 4 aromatic rings. The zero-order chi connectivity index (χ0) is 15.8. The Labute approximate surface area is 132 Å². The van der Waals surface area contributed by atoms with Crippen LogP contribution in [-0.4, -0.2) is 4.98 Å². The van der Waals surface area contributed by atoms with Crippen molar-refractivity contribution in [1.29, 1.82) is 0 Å². The van der Waals surface area contributed by atoms with Crippen LogP contribution < -0.4 is 0 Å². The van der Waals surface area contributed by atoms with Gasteiger partial charge in [-0.25, -0.2) is 13.8 Å². The Morgan fingerprint density at radius 1 is 0.739 bits per heavy atom. The lowest BCUT2D eigenvalue weighted by Gasteiger charge is -2.11. The lowest BCUT2D eigenvalue weighted by Crippen LogP contribution is -1.94. The van der Waals surface area contributed by atoms with Crippen LogP contribution in [0, 0.1) is 0 Å². The molecule has 0 fully saturated rings. The van der Waals surface area contributed by atoms with Crippen molar-refractivity contribution in [2.75, 3.05) is 0 Å². The summed E-state index contributed by atoms with van der Waals surface area (Å²) in [4.78, 5) is 4.24. The number of halogens is 2. The quantitative estimate of drug-likeness (QED) is 0.414. The molecule has 3 aromatic carbocycles. The van der Waals surface area contributed by atoms with Crippen LogP contribution in [0.5, 0.6) is 0 Å². The predicted octanol–water partition coefficient (Wildman–Crippen LogP) is 5.99. The summed E-state index contributed by atoms with van der Waals surface area (Å²) >= 11 is 0. The van der Waals surface area contributed by atoms with Crippen LogP contribution in [0.1, 0.15) is 12.1 Å². The summed E-state index contributed by atoms with van der Waals surface area (Å²) in [7, 11) is 0. The molecular formula is C20H13F2N. The Morgan fingerprint density at radius 3 is 2.26 bits per heavy atom. The van der Waals surface area contributed by atoms with Gasteiger partial charge in [0.15, 0.2) is 0 Å². The maximum absolute atomic E-state index is 13.3. The highest BCUT2D eigenvalue weighted by Crippen LogP contribution is 2.34. The molecule has 0 atom stereocenters. The van der Waals surface area contributed by atoms with Crippen molar-refractivity contribution in [3.8, 4) is 11.1 Å². The molecule has 3 heteroatoms. The zero-order valence-electron chi connectivity index (χ0n) is 12.2. The van der Waals surface area contributed by atoms with E-state index in [4.69, 9.17) is 0 Å². The largest absolute Gasteiger partial charge is 0.280 e. The van der Waals surface area contributed by atoms with Gasteiger partial charge < -0.3 is 0 Å². The summed E-state index contributed by atoms with van der Waals surface area (Å²) in [5, 5.41) is 2.78. The highest BCUT2D eigenvalue weighted by Gasteiger charge is 2.15. The molecule has 4 rings (SSSR count). The number of pyridine rings is 1. The maximum atomic E-state index is 13.3. The SMILES string of the molecule is FC(F)c1cc(-c2ccccc2)c2ccc3ccccc3c2n1. The molecule has 0 aliphatic rings.